The second-order valence-corrected chi connectivity index (χ2v) is 5.89. The van der Waals surface area contributed by atoms with Gasteiger partial charge in [0, 0.05) is 19.8 Å². The van der Waals surface area contributed by atoms with Crippen LogP contribution in [0.1, 0.15) is 71.1 Å². The van der Waals surface area contributed by atoms with Crippen LogP contribution in [0.3, 0.4) is 0 Å². The molecule has 0 amide bonds. The van der Waals surface area contributed by atoms with Gasteiger partial charge in [-0.25, -0.2) is 0 Å². The third-order valence-corrected chi connectivity index (χ3v) is 4.31. The highest BCUT2D eigenvalue weighted by Crippen LogP contribution is 2.12. The quantitative estimate of drug-likeness (QED) is 0.304. The zero-order chi connectivity index (χ0) is 13.5. The molecule has 19 heavy (non-hydrogen) atoms. The van der Waals surface area contributed by atoms with E-state index in [0.29, 0.717) is 0 Å². The molecular formula is C15H33BrN2S. The van der Waals surface area contributed by atoms with Crippen LogP contribution in [0.15, 0.2) is 4.99 Å². The van der Waals surface area contributed by atoms with E-state index in [1.165, 1.54) is 70.0 Å². The highest BCUT2D eigenvalue weighted by molar-refractivity contribution is 8.93. The summed E-state index contributed by atoms with van der Waals surface area (Å²) in [6.07, 6.45) is 14.1. The van der Waals surface area contributed by atoms with Crippen molar-refractivity contribution in [3.05, 3.63) is 0 Å². The van der Waals surface area contributed by atoms with Gasteiger partial charge in [0.1, 0.15) is 0 Å². The standard InChI is InChI=1S/C15H32N2S.BrH/c1-4-5-6-7-8-9-10-11-12-13-14-18-15(16-2)17-3;/h4-14H2,1-3H3,(H,16,17);1H. The number of halogens is 1. The lowest BCUT2D eigenvalue weighted by Crippen LogP contribution is -2.14. The van der Waals surface area contributed by atoms with Crippen molar-refractivity contribution in [2.75, 3.05) is 19.8 Å². The summed E-state index contributed by atoms with van der Waals surface area (Å²) in [6.45, 7) is 2.28. The number of hydrogen-bond donors (Lipinski definition) is 1. The number of amidine groups is 1. The van der Waals surface area contributed by atoms with Crippen LogP contribution in [-0.2, 0) is 0 Å². The van der Waals surface area contributed by atoms with Gasteiger partial charge in [0.05, 0.1) is 0 Å². The molecule has 116 valence electrons. The Morgan fingerprint density at radius 3 is 1.79 bits per heavy atom. The molecule has 0 bridgehead atoms. The number of hydrogen-bond acceptors (Lipinski definition) is 2. The maximum absolute atomic E-state index is 4.16. The third kappa shape index (κ3) is 16.2. The highest BCUT2D eigenvalue weighted by atomic mass is 79.9. The summed E-state index contributed by atoms with van der Waals surface area (Å²) in [5.41, 5.74) is 0. The minimum absolute atomic E-state index is 0. The molecule has 4 heteroatoms. The molecule has 0 radical (unpaired) electrons. The fourth-order valence-corrected chi connectivity index (χ4v) is 2.82. The lowest BCUT2D eigenvalue weighted by Gasteiger charge is -2.04. The Balaban J connectivity index is 0. The molecule has 1 N–H and O–H groups in total. The van der Waals surface area contributed by atoms with E-state index < -0.39 is 0 Å². The van der Waals surface area contributed by atoms with Crippen LogP contribution in [0.4, 0.5) is 0 Å². The summed E-state index contributed by atoms with van der Waals surface area (Å²) in [4.78, 5) is 4.16. The number of nitrogens with one attached hydrogen (secondary N) is 1. The van der Waals surface area contributed by atoms with Gasteiger partial charge >= 0.3 is 0 Å². The highest BCUT2D eigenvalue weighted by Gasteiger charge is 1.96. The van der Waals surface area contributed by atoms with Crippen LogP contribution in [0, 0.1) is 0 Å². The number of nitrogens with zero attached hydrogens (tertiary/aromatic N) is 1. The molecule has 0 aliphatic carbocycles. The molecule has 0 atom stereocenters. The third-order valence-electron chi connectivity index (χ3n) is 3.15. The van der Waals surface area contributed by atoms with Crippen LogP contribution < -0.4 is 5.32 Å². The molecule has 0 spiro atoms. The SMILES string of the molecule is Br.CCCCCCCCCCCCSC(=NC)NC. The van der Waals surface area contributed by atoms with Crippen molar-refractivity contribution in [2.45, 2.75) is 71.1 Å². The zero-order valence-electron chi connectivity index (χ0n) is 13.0. The van der Waals surface area contributed by atoms with Crippen LogP contribution in [-0.4, -0.2) is 25.0 Å². The Kier molecular flexibility index (Phi) is 20.8. The molecule has 0 saturated heterocycles. The first-order valence-corrected chi connectivity index (χ1v) is 8.61. The number of thioether (sulfide) groups is 1. The molecule has 0 heterocycles. The number of rotatable bonds is 11. The second kappa shape index (κ2) is 18.3. The fraction of sp³-hybridized carbons (Fsp3) is 0.933. The van der Waals surface area contributed by atoms with Crippen molar-refractivity contribution < 1.29 is 0 Å². The van der Waals surface area contributed by atoms with E-state index in [2.05, 4.69) is 17.2 Å². The van der Waals surface area contributed by atoms with Gasteiger partial charge in [-0.3, -0.25) is 4.99 Å². The molecule has 0 saturated carbocycles. The Hall–Kier alpha value is 0.300. The molecule has 0 aliphatic rings. The number of aliphatic imine (C=N–C) groups is 1. The summed E-state index contributed by atoms with van der Waals surface area (Å²) >= 11 is 1.84. The first-order chi connectivity index (χ1) is 8.85. The van der Waals surface area contributed by atoms with E-state index in [4.69, 9.17) is 0 Å². The summed E-state index contributed by atoms with van der Waals surface area (Å²) in [5, 5.41) is 4.16. The van der Waals surface area contributed by atoms with Gasteiger partial charge in [0.25, 0.3) is 0 Å². The molecule has 0 aromatic rings. The Bertz CT molecular complexity index is 199. The minimum atomic E-state index is 0. The molecule has 0 rings (SSSR count). The van der Waals surface area contributed by atoms with Gasteiger partial charge in [0.2, 0.25) is 0 Å². The predicted octanol–water partition coefficient (Wildman–Crippen LogP) is 5.42. The van der Waals surface area contributed by atoms with Crippen LogP contribution in [0.25, 0.3) is 0 Å². The average Bonchev–Trinajstić information content (AvgIpc) is 2.40. The van der Waals surface area contributed by atoms with Gasteiger partial charge in [-0.15, -0.1) is 17.0 Å². The van der Waals surface area contributed by atoms with Crippen LogP contribution >= 0.6 is 28.7 Å². The molecule has 0 aliphatic heterocycles. The van der Waals surface area contributed by atoms with Crippen molar-refractivity contribution >= 4 is 33.9 Å². The average molecular weight is 353 g/mol. The van der Waals surface area contributed by atoms with Crippen molar-refractivity contribution in [3.63, 3.8) is 0 Å². The smallest absolute Gasteiger partial charge is 0.156 e. The van der Waals surface area contributed by atoms with Crippen molar-refractivity contribution in [1.29, 1.82) is 0 Å². The Labute approximate surface area is 135 Å². The van der Waals surface area contributed by atoms with E-state index in [-0.39, 0.29) is 17.0 Å². The Morgan fingerprint density at radius 1 is 0.895 bits per heavy atom. The maximum Gasteiger partial charge on any atom is 0.156 e. The monoisotopic (exact) mass is 352 g/mol. The zero-order valence-corrected chi connectivity index (χ0v) is 15.6. The van der Waals surface area contributed by atoms with Gasteiger partial charge < -0.3 is 5.32 Å². The largest absolute Gasteiger partial charge is 0.368 e. The molecule has 0 aromatic carbocycles. The van der Waals surface area contributed by atoms with E-state index in [0.717, 1.165) is 5.17 Å². The van der Waals surface area contributed by atoms with Gasteiger partial charge in [-0.05, 0) is 6.42 Å². The molecule has 0 aromatic heterocycles. The lowest BCUT2D eigenvalue weighted by atomic mass is 10.1. The first kappa shape index (κ1) is 21.6. The van der Waals surface area contributed by atoms with Crippen LogP contribution in [0.2, 0.25) is 0 Å². The van der Waals surface area contributed by atoms with E-state index in [1.54, 1.807) is 0 Å². The van der Waals surface area contributed by atoms with Crippen molar-refractivity contribution in [3.8, 4) is 0 Å². The summed E-state index contributed by atoms with van der Waals surface area (Å²) in [7, 11) is 3.78. The van der Waals surface area contributed by atoms with Gasteiger partial charge in [-0.2, -0.15) is 0 Å². The van der Waals surface area contributed by atoms with Gasteiger partial charge in [0.15, 0.2) is 5.17 Å². The van der Waals surface area contributed by atoms with E-state index in [1.807, 2.05) is 25.9 Å². The molecule has 0 fully saturated rings. The lowest BCUT2D eigenvalue weighted by molar-refractivity contribution is 0.563. The van der Waals surface area contributed by atoms with E-state index >= 15 is 0 Å². The summed E-state index contributed by atoms with van der Waals surface area (Å²) in [5.74, 6) is 1.20. The maximum atomic E-state index is 4.16. The first-order valence-electron chi connectivity index (χ1n) is 7.62. The normalized spacial score (nSPS) is 11.2. The predicted molar refractivity (Wildman–Crippen MR) is 97.0 cm³/mol. The summed E-state index contributed by atoms with van der Waals surface area (Å²) in [6, 6.07) is 0. The van der Waals surface area contributed by atoms with E-state index in [9.17, 15) is 0 Å². The van der Waals surface area contributed by atoms with Crippen LogP contribution in [0.5, 0.6) is 0 Å². The number of unbranched alkanes of at least 4 members (excludes halogenated alkanes) is 9. The molecular weight excluding hydrogens is 320 g/mol. The topological polar surface area (TPSA) is 24.4 Å². The summed E-state index contributed by atoms with van der Waals surface area (Å²) < 4.78 is 0. The van der Waals surface area contributed by atoms with Crippen molar-refractivity contribution in [2.24, 2.45) is 4.99 Å². The van der Waals surface area contributed by atoms with Gasteiger partial charge in [-0.1, -0.05) is 76.5 Å². The van der Waals surface area contributed by atoms with Crippen molar-refractivity contribution in [1.82, 2.24) is 5.32 Å². The Morgan fingerprint density at radius 2 is 1.37 bits per heavy atom. The molecule has 2 nitrogen and oxygen atoms in total. The molecule has 0 unspecified atom stereocenters. The second-order valence-electron chi connectivity index (χ2n) is 4.81. The fourth-order valence-electron chi connectivity index (χ4n) is 2.01. The minimum Gasteiger partial charge on any atom is -0.368 e.